The van der Waals surface area contributed by atoms with Crippen LogP contribution >= 0.6 is 31.9 Å². The fourth-order valence-corrected chi connectivity index (χ4v) is 4.68. The molecule has 4 nitrogen and oxygen atoms in total. The first-order valence-corrected chi connectivity index (χ1v) is 9.48. The Balaban J connectivity index is 1.55. The molecule has 2 aliphatic rings. The highest BCUT2D eigenvalue weighted by atomic mass is 79.9. The zero-order valence-corrected chi connectivity index (χ0v) is 15.7. The zero-order chi connectivity index (χ0) is 16.0. The molecule has 0 radical (unpaired) electrons. The molecule has 0 saturated carbocycles. The summed E-state index contributed by atoms with van der Waals surface area (Å²) in [5.74, 6) is 0.166. The van der Waals surface area contributed by atoms with Gasteiger partial charge in [-0.3, -0.25) is 9.48 Å². The van der Waals surface area contributed by atoms with Crippen LogP contribution in [0.1, 0.15) is 42.1 Å². The molecule has 23 heavy (non-hydrogen) atoms. The third kappa shape index (κ3) is 2.87. The first-order chi connectivity index (χ1) is 11.1. The molecule has 0 aliphatic carbocycles. The molecule has 4 rings (SSSR count). The number of piperidine rings is 1. The van der Waals surface area contributed by atoms with Crippen molar-refractivity contribution in [3.05, 3.63) is 51.2 Å². The van der Waals surface area contributed by atoms with Gasteiger partial charge in [0.1, 0.15) is 0 Å². The molecular weight excluding hydrogens is 422 g/mol. The number of hydrogen-bond donors (Lipinski definition) is 0. The van der Waals surface area contributed by atoms with Gasteiger partial charge in [0, 0.05) is 28.3 Å². The summed E-state index contributed by atoms with van der Waals surface area (Å²) >= 11 is 6.92. The van der Waals surface area contributed by atoms with Crippen LogP contribution in [0.2, 0.25) is 0 Å². The van der Waals surface area contributed by atoms with Crippen molar-refractivity contribution in [3.8, 4) is 0 Å². The topological polar surface area (TPSA) is 38.1 Å². The quantitative estimate of drug-likeness (QED) is 0.696. The van der Waals surface area contributed by atoms with E-state index in [-0.39, 0.29) is 5.91 Å². The van der Waals surface area contributed by atoms with Gasteiger partial charge < -0.3 is 4.90 Å². The molecule has 6 heteroatoms. The highest BCUT2D eigenvalue weighted by Crippen LogP contribution is 2.41. The summed E-state index contributed by atoms with van der Waals surface area (Å²) < 4.78 is 4.01. The van der Waals surface area contributed by atoms with Gasteiger partial charge in [-0.1, -0.05) is 22.0 Å². The van der Waals surface area contributed by atoms with E-state index in [2.05, 4.69) is 46.5 Å². The molecule has 2 fully saturated rings. The van der Waals surface area contributed by atoms with Crippen LogP contribution < -0.4 is 0 Å². The molecule has 0 spiro atoms. The Bertz CT molecular complexity index is 731. The molecule has 2 saturated heterocycles. The van der Waals surface area contributed by atoms with Gasteiger partial charge in [-0.25, -0.2) is 0 Å². The molecule has 120 valence electrons. The first-order valence-electron chi connectivity index (χ1n) is 7.89. The Morgan fingerprint density at radius 3 is 2.43 bits per heavy atom. The maximum atomic E-state index is 12.9. The number of hydrogen-bond acceptors (Lipinski definition) is 2. The van der Waals surface area contributed by atoms with Crippen molar-refractivity contribution in [2.75, 3.05) is 0 Å². The van der Waals surface area contributed by atoms with Crippen LogP contribution in [-0.2, 0) is 0 Å². The number of benzene rings is 1. The van der Waals surface area contributed by atoms with Crippen molar-refractivity contribution in [1.82, 2.24) is 14.7 Å². The lowest BCUT2D eigenvalue weighted by Gasteiger charge is -2.39. The Morgan fingerprint density at radius 1 is 1.09 bits per heavy atom. The van der Waals surface area contributed by atoms with E-state index in [1.165, 1.54) is 0 Å². The highest BCUT2D eigenvalue weighted by molar-refractivity contribution is 9.10. The molecule has 2 aliphatic heterocycles. The average molecular weight is 439 g/mol. The lowest BCUT2D eigenvalue weighted by molar-refractivity contribution is 0.0524. The Labute approximate surface area is 152 Å². The number of rotatable bonds is 2. The second-order valence-corrected chi connectivity index (χ2v) is 8.20. The zero-order valence-electron chi connectivity index (χ0n) is 12.5. The molecule has 2 bridgehead atoms. The van der Waals surface area contributed by atoms with Crippen molar-refractivity contribution in [2.24, 2.45) is 0 Å². The normalized spacial score (nSPS) is 26.5. The first kappa shape index (κ1) is 15.4. The van der Waals surface area contributed by atoms with E-state index in [1.54, 1.807) is 0 Å². The lowest BCUT2D eigenvalue weighted by atomic mass is 9.96. The fraction of sp³-hybridized carbons (Fsp3) is 0.412. The summed E-state index contributed by atoms with van der Waals surface area (Å²) in [5.41, 5.74) is 0.775. The molecule has 2 unspecified atom stereocenters. The SMILES string of the molecule is O=C(c1cccc(Br)c1)N1C2CCC1CC(n1cc(Br)cn1)C2. The summed E-state index contributed by atoms with van der Waals surface area (Å²) in [5, 5.41) is 4.44. The maximum Gasteiger partial charge on any atom is 0.254 e. The Hall–Kier alpha value is -1.14. The summed E-state index contributed by atoms with van der Waals surface area (Å²) in [7, 11) is 0. The number of nitrogens with zero attached hydrogens (tertiary/aromatic N) is 3. The van der Waals surface area contributed by atoms with Crippen molar-refractivity contribution in [2.45, 2.75) is 43.8 Å². The minimum atomic E-state index is 0.166. The van der Waals surface area contributed by atoms with Gasteiger partial charge in [-0.05, 0) is 59.8 Å². The molecule has 1 aromatic heterocycles. The standard InChI is InChI=1S/C17H17Br2N3O/c18-12-3-1-2-11(6-12)17(23)22-14-4-5-15(22)8-16(7-14)21-10-13(19)9-20-21/h1-3,6,9-10,14-16H,4-5,7-8H2. The van der Waals surface area contributed by atoms with Gasteiger partial charge in [0.15, 0.2) is 0 Å². The minimum Gasteiger partial charge on any atom is -0.333 e. The average Bonchev–Trinajstić information content (AvgIpc) is 3.08. The highest BCUT2D eigenvalue weighted by Gasteiger charge is 2.44. The third-order valence-electron chi connectivity index (χ3n) is 4.96. The number of aromatic nitrogens is 2. The van der Waals surface area contributed by atoms with Crippen LogP contribution in [0, 0.1) is 0 Å². The number of amides is 1. The van der Waals surface area contributed by atoms with Crippen LogP contribution in [0.25, 0.3) is 0 Å². The van der Waals surface area contributed by atoms with Crippen molar-refractivity contribution in [1.29, 1.82) is 0 Å². The second-order valence-electron chi connectivity index (χ2n) is 6.37. The van der Waals surface area contributed by atoms with Crippen molar-refractivity contribution >= 4 is 37.8 Å². The van der Waals surface area contributed by atoms with Gasteiger partial charge >= 0.3 is 0 Å². The minimum absolute atomic E-state index is 0.166. The summed E-state index contributed by atoms with van der Waals surface area (Å²) in [6.45, 7) is 0. The fourth-order valence-electron chi connectivity index (χ4n) is 3.98. The van der Waals surface area contributed by atoms with Gasteiger partial charge in [-0.2, -0.15) is 5.10 Å². The van der Waals surface area contributed by atoms with E-state index < -0.39 is 0 Å². The molecule has 1 amide bonds. The Kier molecular flexibility index (Phi) is 4.05. The lowest BCUT2D eigenvalue weighted by Crippen LogP contribution is -2.47. The number of carbonyl (C=O) groups is 1. The molecular formula is C17H17Br2N3O. The number of fused-ring (bicyclic) bond motifs is 2. The van der Waals surface area contributed by atoms with E-state index in [4.69, 9.17) is 0 Å². The smallest absolute Gasteiger partial charge is 0.254 e. The number of carbonyl (C=O) groups excluding carboxylic acids is 1. The number of halogens is 2. The largest absolute Gasteiger partial charge is 0.333 e. The van der Waals surface area contributed by atoms with Crippen LogP contribution in [0.4, 0.5) is 0 Å². The van der Waals surface area contributed by atoms with E-state index in [0.29, 0.717) is 18.1 Å². The van der Waals surface area contributed by atoms with E-state index in [1.807, 2.05) is 36.7 Å². The van der Waals surface area contributed by atoms with Gasteiger partial charge in [0.2, 0.25) is 0 Å². The molecule has 0 N–H and O–H groups in total. The molecule has 1 aromatic carbocycles. The van der Waals surface area contributed by atoms with Gasteiger partial charge in [-0.15, -0.1) is 0 Å². The van der Waals surface area contributed by atoms with Crippen molar-refractivity contribution in [3.63, 3.8) is 0 Å². The van der Waals surface area contributed by atoms with Gasteiger partial charge in [0.05, 0.1) is 16.7 Å². The monoisotopic (exact) mass is 437 g/mol. The summed E-state index contributed by atoms with van der Waals surface area (Å²) in [6, 6.07) is 8.74. The van der Waals surface area contributed by atoms with E-state index in [0.717, 1.165) is 40.2 Å². The maximum absolute atomic E-state index is 12.9. The van der Waals surface area contributed by atoms with Gasteiger partial charge in [0.25, 0.3) is 5.91 Å². The van der Waals surface area contributed by atoms with E-state index >= 15 is 0 Å². The molecule has 2 aromatic rings. The second kappa shape index (κ2) is 6.06. The van der Waals surface area contributed by atoms with Crippen LogP contribution in [-0.4, -0.2) is 32.7 Å². The van der Waals surface area contributed by atoms with Crippen LogP contribution in [0.3, 0.4) is 0 Å². The Morgan fingerprint density at radius 2 is 1.83 bits per heavy atom. The third-order valence-corrected chi connectivity index (χ3v) is 5.86. The van der Waals surface area contributed by atoms with Crippen LogP contribution in [0.5, 0.6) is 0 Å². The molecule has 3 heterocycles. The summed E-state index contributed by atoms with van der Waals surface area (Å²) in [4.78, 5) is 15.1. The predicted octanol–water partition coefficient (Wildman–Crippen LogP) is 4.42. The van der Waals surface area contributed by atoms with Crippen LogP contribution in [0.15, 0.2) is 45.6 Å². The summed E-state index contributed by atoms with van der Waals surface area (Å²) in [6.07, 6.45) is 8.05. The van der Waals surface area contributed by atoms with Crippen molar-refractivity contribution < 1.29 is 4.79 Å². The molecule has 2 atom stereocenters. The predicted molar refractivity (Wildman–Crippen MR) is 95.3 cm³/mol. The van der Waals surface area contributed by atoms with E-state index in [9.17, 15) is 4.79 Å².